The maximum atomic E-state index is 12.9. The van der Waals surface area contributed by atoms with Crippen molar-refractivity contribution in [3.05, 3.63) is 50.9 Å². The summed E-state index contributed by atoms with van der Waals surface area (Å²) in [6, 6.07) is 6.29. The van der Waals surface area contributed by atoms with E-state index in [0.29, 0.717) is 24.4 Å². The number of piperidine rings is 1. The van der Waals surface area contributed by atoms with Gasteiger partial charge in [0.2, 0.25) is 0 Å². The first-order valence-electron chi connectivity index (χ1n) is 10.4. The molecular formula is C23H27N3O3S. The molecule has 1 aliphatic rings. The number of esters is 1. The highest BCUT2D eigenvalue weighted by atomic mass is 32.1. The van der Waals surface area contributed by atoms with E-state index in [1.54, 1.807) is 0 Å². The van der Waals surface area contributed by atoms with E-state index in [2.05, 4.69) is 41.9 Å². The Morgan fingerprint density at radius 3 is 2.77 bits per heavy atom. The van der Waals surface area contributed by atoms with E-state index in [-0.39, 0.29) is 17.4 Å². The van der Waals surface area contributed by atoms with Gasteiger partial charge in [-0.1, -0.05) is 23.8 Å². The highest BCUT2D eigenvalue weighted by Gasteiger charge is 2.26. The second kappa shape index (κ2) is 8.70. The van der Waals surface area contributed by atoms with Crippen LogP contribution < -0.4 is 5.56 Å². The number of H-pyrrole nitrogens is 1. The van der Waals surface area contributed by atoms with E-state index in [1.165, 1.54) is 16.9 Å². The molecule has 4 rings (SSSR count). The molecule has 0 atom stereocenters. The molecule has 1 aromatic carbocycles. The van der Waals surface area contributed by atoms with Gasteiger partial charge in [0.05, 0.1) is 24.5 Å². The molecule has 1 N–H and O–H groups in total. The maximum Gasteiger partial charge on any atom is 0.309 e. The number of hydrogen-bond donors (Lipinski definition) is 1. The van der Waals surface area contributed by atoms with Crippen LogP contribution >= 0.6 is 11.3 Å². The van der Waals surface area contributed by atoms with Gasteiger partial charge in [-0.25, -0.2) is 4.98 Å². The molecule has 3 aromatic rings. The fraction of sp³-hybridized carbons (Fsp3) is 0.435. The Morgan fingerprint density at radius 2 is 2.03 bits per heavy atom. The number of aromatic amines is 1. The van der Waals surface area contributed by atoms with E-state index in [1.807, 2.05) is 12.3 Å². The number of nitrogens with zero attached hydrogens (tertiary/aromatic N) is 2. The van der Waals surface area contributed by atoms with Gasteiger partial charge in [0.1, 0.15) is 10.7 Å². The van der Waals surface area contributed by atoms with Gasteiger partial charge in [0, 0.05) is 10.9 Å². The molecule has 0 unspecified atom stereocenters. The van der Waals surface area contributed by atoms with Crippen LogP contribution in [0.4, 0.5) is 0 Å². The van der Waals surface area contributed by atoms with E-state index < -0.39 is 0 Å². The van der Waals surface area contributed by atoms with Crippen LogP contribution in [0.15, 0.2) is 28.4 Å². The predicted octanol–water partition coefficient (Wildman–Crippen LogP) is 4.04. The average molecular weight is 426 g/mol. The summed E-state index contributed by atoms with van der Waals surface area (Å²) < 4.78 is 5.14. The molecular weight excluding hydrogens is 398 g/mol. The molecule has 0 aliphatic carbocycles. The number of ether oxygens (including phenoxy) is 1. The molecule has 30 heavy (non-hydrogen) atoms. The number of aromatic nitrogens is 2. The molecule has 0 saturated carbocycles. The Labute approximate surface area is 179 Å². The Balaban J connectivity index is 1.53. The number of carbonyl (C=O) groups excluding carboxylic acids is 1. The SMILES string of the molecule is CCOC(=O)C1CCN(Cc2nc3scc(-c4cc(C)ccc4C)c3c(=O)[nH]2)CC1. The summed E-state index contributed by atoms with van der Waals surface area (Å²) in [5, 5.41) is 2.70. The van der Waals surface area contributed by atoms with Crippen molar-refractivity contribution in [1.82, 2.24) is 14.9 Å². The fourth-order valence-corrected chi connectivity index (χ4v) is 5.05. The quantitative estimate of drug-likeness (QED) is 0.625. The summed E-state index contributed by atoms with van der Waals surface area (Å²) in [6.07, 6.45) is 1.56. The second-order valence-electron chi connectivity index (χ2n) is 7.96. The Kier molecular flexibility index (Phi) is 6.01. The third-order valence-electron chi connectivity index (χ3n) is 5.76. The summed E-state index contributed by atoms with van der Waals surface area (Å²) in [4.78, 5) is 35.6. The van der Waals surface area contributed by atoms with Crippen LogP contribution in [0.2, 0.25) is 0 Å². The largest absolute Gasteiger partial charge is 0.466 e. The normalized spacial score (nSPS) is 15.6. The lowest BCUT2D eigenvalue weighted by Crippen LogP contribution is -2.37. The average Bonchev–Trinajstić information content (AvgIpc) is 3.15. The smallest absolute Gasteiger partial charge is 0.309 e. The number of benzene rings is 1. The molecule has 0 spiro atoms. The predicted molar refractivity (Wildman–Crippen MR) is 120 cm³/mol. The van der Waals surface area contributed by atoms with Gasteiger partial charge < -0.3 is 9.72 Å². The summed E-state index contributed by atoms with van der Waals surface area (Å²) in [5.41, 5.74) is 4.26. The number of carbonyl (C=O) groups is 1. The molecule has 0 amide bonds. The molecule has 7 heteroatoms. The van der Waals surface area contributed by atoms with Gasteiger partial charge in [-0.15, -0.1) is 11.3 Å². The number of thiophene rings is 1. The van der Waals surface area contributed by atoms with Crippen LogP contribution in [0.1, 0.15) is 36.7 Å². The summed E-state index contributed by atoms with van der Waals surface area (Å²) >= 11 is 1.51. The van der Waals surface area contributed by atoms with E-state index in [9.17, 15) is 9.59 Å². The van der Waals surface area contributed by atoms with Crippen LogP contribution in [0.25, 0.3) is 21.3 Å². The summed E-state index contributed by atoms with van der Waals surface area (Å²) in [5.74, 6) is 0.562. The lowest BCUT2D eigenvalue weighted by Gasteiger charge is -2.30. The van der Waals surface area contributed by atoms with Crippen molar-refractivity contribution in [3.8, 4) is 11.1 Å². The van der Waals surface area contributed by atoms with Crippen molar-refractivity contribution in [2.75, 3.05) is 19.7 Å². The van der Waals surface area contributed by atoms with Gasteiger partial charge in [-0.3, -0.25) is 14.5 Å². The lowest BCUT2D eigenvalue weighted by atomic mass is 9.97. The zero-order valence-electron chi connectivity index (χ0n) is 17.7. The molecule has 0 radical (unpaired) electrons. The Morgan fingerprint density at radius 1 is 1.27 bits per heavy atom. The van der Waals surface area contributed by atoms with Gasteiger partial charge >= 0.3 is 5.97 Å². The fourth-order valence-electron chi connectivity index (χ4n) is 4.09. The van der Waals surface area contributed by atoms with E-state index in [0.717, 1.165) is 47.5 Å². The van der Waals surface area contributed by atoms with Gasteiger partial charge in [-0.2, -0.15) is 0 Å². The van der Waals surface area contributed by atoms with E-state index >= 15 is 0 Å². The van der Waals surface area contributed by atoms with Gasteiger partial charge in [0.25, 0.3) is 5.56 Å². The Bertz CT molecular complexity index is 1130. The number of aryl methyl sites for hydroxylation is 2. The van der Waals surface area contributed by atoms with E-state index in [4.69, 9.17) is 9.72 Å². The minimum atomic E-state index is -0.0948. The summed E-state index contributed by atoms with van der Waals surface area (Å²) in [6.45, 7) is 8.55. The highest BCUT2D eigenvalue weighted by molar-refractivity contribution is 7.17. The highest BCUT2D eigenvalue weighted by Crippen LogP contribution is 2.33. The molecule has 2 aromatic heterocycles. The van der Waals surface area contributed by atoms with Crippen LogP contribution in [0.3, 0.4) is 0 Å². The molecule has 158 valence electrons. The maximum absolute atomic E-state index is 12.9. The molecule has 3 heterocycles. The molecule has 1 fully saturated rings. The van der Waals surface area contributed by atoms with Crippen molar-refractivity contribution in [2.45, 2.75) is 40.2 Å². The molecule has 0 bridgehead atoms. The van der Waals surface area contributed by atoms with Crippen molar-refractivity contribution >= 4 is 27.5 Å². The molecule has 1 saturated heterocycles. The third kappa shape index (κ3) is 4.18. The Hall–Kier alpha value is -2.51. The zero-order chi connectivity index (χ0) is 21.3. The number of rotatable bonds is 5. The summed E-state index contributed by atoms with van der Waals surface area (Å²) in [7, 11) is 0. The standard InChI is InChI=1S/C23H27N3O3S/c1-4-29-23(28)16-7-9-26(10-8-16)12-19-24-21(27)20-18(13-30-22(20)25-19)17-11-14(2)5-6-15(17)3/h5-6,11,13,16H,4,7-10,12H2,1-3H3,(H,24,25,27). The van der Waals surface area contributed by atoms with Crippen LogP contribution in [0.5, 0.6) is 0 Å². The first kappa shape index (κ1) is 20.8. The van der Waals surface area contributed by atoms with Crippen LogP contribution in [-0.2, 0) is 16.1 Å². The lowest BCUT2D eigenvalue weighted by molar-refractivity contribution is -0.149. The third-order valence-corrected chi connectivity index (χ3v) is 6.63. The monoisotopic (exact) mass is 425 g/mol. The van der Waals surface area contributed by atoms with Gasteiger partial charge in [-0.05, 0) is 57.8 Å². The number of hydrogen-bond acceptors (Lipinski definition) is 6. The number of fused-ring (bicyclic) bond motifs is 1. The first-order valence-corrected chi connectivity index (χ1v) is 11.3. The van der Waals surface area contributed by atoms with Gasteiger partial charge in [0.15, 0.2) is 0 Å². The minimum absolute atomic E-state index is 0.0203. The van der Waals surface area contributed by atoms with Crippen molar-refractivity contribution in [1.29, 1.82) is 0 Å². The van der Waals surface area contributed by atoms with Crippen molar-refractivity contribution < 1.29 is 9.53 Å². The van der Waals surface area contributed by atoms with Crippen molar-refractivity contribution in [3.63, 3.8) is 0 Å². The zero-order valence-corrected chi connectivity index (χ0v) is 18.5. The topological polar surface area (TPSA) is 75.3 Å². The number of nitrogens with one attached hydrogen (secondary N) is 1. The number of likely N-dealkylation sites (tertiary alicyclic amines) is 1. The molecule has 1 aliphatic heterocycles. The van der Waals surface area contributed by atoms with Crippen LogP contribution in [0, 0.1) is 19.8 Å². The van der Waals surface area contributed by atoms with Crippen molar-refractivity contribution in [2.24, 2.45) is 5.92 Å². The van der Waals surface area contributed by atoms with Crippen LogP contribution in [-0.4, -0.2) is 40.5 Å². The minimum Gasteiger partial charge on any atom is -0.466 e. The first-order chi connectivity index (χ1) is 14.5. The second-order valence-corrected chi connectivity index (χ2v) is 8.82. The molecule has 6 nitrogen and oxygen atoms in total.